The molecule has 1 nitrogen and oxygen atoms in total. The van der Waals surface area contributed by atoms with Crippen molar-refractivity contribution < 1.29 is 5.11 Å². The summed E-state index contributed by atoms with van der Waals surface area (Å²) in [6.07, 6.45) is 0.992. The highest BCUT2D eigenvalue weighted by Crippen LogP contribution is 2.51. The first-order chi connectivity index (χ1) is 10.8. The van der Waals surface area contributed by atoms with Crippen LogP contribution in [0.5, 0.6) is 5.75 Å². The largest absolute Gasteiger partial charge is 0.507 e. The molecule has 1 rings (SSSR count). The predicted molar refractivity (Wildman–Crippen MR) is 112 cm³/mol. The van der Waals surface area contributed by atoms with E-state index in [-0.39, 0.29) is 21.7 Å². The lowest BCUT2D eigenvalue weighted by atomic mass is 9.64. The maximum Gasteiger partial charge on any atom is 0.123 e. The summed E-state index contributed by atoms with van der Waals surface area (Å²) in [6, 6.07) is 0. The van der Waals surface area contributed by atoms with Gasteiger partial charge in [0, 0.05) is 11.1 Å². The molecule has 0 bridgehead atoms. The summed E-state index contributed by atoms with van der Waals surface area (Å²) in [5, 5.41) is 11.6. The average Bonchev–Trinajstić information content (AvgIpc) is 2.31. The minimum absolute atomic E-state index is 0.0121. The van der Waals surface area contributed by atoms with E-state index in [0.29, 0.717) is 5.75 Å². The van der Waals surface area contributed by atoms with Gasteiger partial charge in [-0.1, -0.05) is 90.0 Å². The van der Waals surface area contributed by atoms with Gasteiger partial charge in [-0.15, -0.1) is 0 Å². The lowest BCUT2D eigenvalue weighted by Gasteiger charge is -2.41. The second-order valence-electron chi connectivity index (χ2n) is 11.7. The fourth-order valence-corrected chi connectivity index (χ4v) is 4.26. The molecule has 1 aromatic rings. The normalized spacial score (nSPS) is 14.1. The summed E-state index contributed by atoms with van der Waals surface area (Å²) >= 11 is 0. The lowest BCUT2D eigenvalue weighted by Crippen LogP contribution is -2.31. The molecule has 0 aliphatic rings. The Morgan fingerprint density at radius 2 is 0.760 bits per heavy atom. The number of hydrogen-bond acceptors (Lipinski definition) is 1. The third kappa shape index (κ3) is 4.23. The minimum atomic E-state index is -0.104. The van der Waals surface area contributed by atoms with Crippen LogP contribution in [0.2, 0.25) is 0 Å². The van der Waals surface area contributed by atoms with Crippen LogP contribution in [0.25, 0.3) is 0 Å². The molecule has 0 saturated carbocycles. The lowest BCUT2D eigenvalue weighted by molar-refractivity contribution is 0.402. The molecule has 0 heterocycles. The number of phenols is 1. The molecule has 0 aliphatic heterocycles. The zero-order valence-electron chi connectivity index (χ0n) is 19.2. The minimum Gasteiger partial charge on any atom is -0.507 e. The number of hydrogen-bond donors (Lipinski definition) is 1. The Labute approximate surface area is 157 Å². The third-order valence-electron chi connectivity index (χ3n) is 4.93. The van der Waals surface area contributed by atoms with Crippen LogP contribution in [-0.2, 0) is 28.1 Å². The third-order valence-corrected chi connectivity index (χ3v) is 4.93. The van der Waals surface area contributed by atoms with Crippen molar-refractivity contribution in [1.29, 1.82) is 0 Å². The van der Waals surface area contributed by atoms with E-state index in [1.807, 2.05) is 0 Å². The topological polar surface area (TPSA) is 20.2 Å². The summed E-state index contributed by atoms with van der Waals surface area (Å²) in [5.74, 6) is 0.520. The van der Waals surface area contributed by atoms with Crippen molar-refractivity contribution in [3.63, 3.8) is 0 Å². The molecular formula is C24H42O. The van der Waals surface area contributed by atoms with Crippen molar-refractivity contribution in [3.8, 4) is 5.75 Å². The number of aromatic hydroxyl groups is 1. The summed E-state index contributed by atoms with van der Waals surface area (Å²) in [6.45, 7) is 29.3. The molecule has 0 saturated heterocycles. The van der Waals surface area contributed by atoms with Crippen molar-refractivity contribution in [3.05, 3.63) is 27.8 Å². The molecule has 0 aromatic heterocycles. The standard InChI is InChI=1S/C24H42O/c1-14-15-16(21(2,3)4)18(23(8,9)10)20(25)19(24(11,12)13)17(15)22(5,6)7/h25H,14H2,1-13H3. The van der Waals surface area contributed by atoms with Crippen LogP contribution in [0.15, 0.2) is 0 Å². The monoisotopic (exact) mass is 346 g/mol. The van der Waals surface area contributed by atoms with Crippen molar-refractivity contribution in [2.75, 3.05) is 0 Å². The first-order valence-electron chi connectivity index (χ1n) is 9.78. The first-order valence-corrected chi connectivity index (χ1v) is 9.78. The molecule has 1 N–H and O–H groups in total. The maximum absolute atomic E-state index is 11.6. The van der Waals surface area contributed by atoms with Gasteiger partial charge in [-0.3, -0.25) is 0 Å². The first kappa shape index (κ1) is 22.1. The molecule has 0 amide bonds. The fourth-order valence-electron chi connectivity index (χ4n) is 4.26. The van der Waals surface area contributed by atoms with E-state index >= 15 is 0 Å². The number of phenolic OH excluding ortho intramolecular Hbond substituents is 1. The van der Waals surface area contributed by atoms with Gasteiger partial charge in [0.25, 0.3) is 0 Å². The predicted octanol–water partition coefficient (Wildman–Crippen LogP) is 7.14. The summed E-state index contributed by atoms with van der Waals surface area (Å²) in [7, 11) is 0. The second-order valence-corrected chi connectivity index (χ2v) is 11.7. The molecule has 0 aliphatic carbocycles. The van der Waals surface area contributed by atoms with Gasteiger partial charge >= 0.3 is 0 Å². The van der Waals surface area contributed by atoms with E-state index in [1.165, 1.54) is 16.7 Å². The van der Waals surface area contributed by atoms with Crippen molar-refractivity contribution in [2.24, 2.45) is 0 Å². The molecule has 144 valence electrons. The molecule has 25 heavy (non-hydrogen) atoms. The number of benzene rings is 1. The van der Waals surface area contributed by atoms with Gasteiger partial charge in [-0.25, -0.2) is 0 Å². The van der Waals surface area contributed by atoms with Crippen molar-refractivity contribution in [2.45, 2.75) is 118 Å². The Kier molecular flexibility index (Phi) is 5.58. The van der Waals surface area contributed by atoms with Gasteiger partial charge in [-0.05, 0) is 44.8 Å². The molecule has 1 aromatic carbocycles. The summed E-state index contributed by atoms with van der Waals surface area (Å²) in [5.41, 5.74) is 6.16. The van der Waals surface area contributed by atoms with Gasteiger partial charge in [-0.2, -0.15) is 0 Å². The highest BCUT2D eigenvalue weighted by atomic mass is 16.3. The van der Waals surface area contributed by atoms with Crippen LogP contribution in [0.3, 0.4) is 0 Å². The van der Waals surface area contributed by atoms with Crippen molar-refractivity contribution >= 4 is 0 Å². The summed E-state index contributed by atoms with van der Waals surface area (Å²) < 4.78 is 0. The molecule has 0 unspecified atom stereocenters. The number of rotatable bonds is 1. The van der Waals surface area contributed by atoms with Gasteiger partial charge in [0.05, 0.1) is 0 Å². The molecule has 0 atom stereocenters. The Morgan fingerprint density at radius 1 is 0.520 bits per heavy atom. The Morgan fingerprint density at radius 3 is 0.920 bits per heavy atom. The Hall–Kier alpha value is -0.980. The Balaban J connectivity index is 4.37. The summed E-state index contributed by atoms with van der Waals surface area (Å²) in [4.78, 5) is 0. The SMILES string of the molecule is CCc1c(C(C)(C)C)c(C(C)(C)C)c(O)c(C(C)(C)C)c1C(C)(C)C. The Bertz CT molecular complexity index is 582. The molecule has 0 spiro atoms. The van der Waals surface area contributed by atoms with Crippen LogP contribution in [0.4, 0.5) is 0 Å². The van der Waals surface area contributed by atoms with E-state index in [4.69, 9.17) is 0 Å². The second kappa shape index (κ2) is 6.32. The van der Waals surface area contributed by atoms with Gasteiger partial charge < -0.3 is 5.11 Å². The van der Waals surface area contributed by atoms with Gasteiger partial charge in [0.1, 0.15) is 5.75 Å². The maximum atomic E-state index is 11.6. The van der Waals surface area contributed by atoms with Crippen LogP contribution >= 0.6 is 0 Å². The highest BCUT2D eigenvalue weighted by Gasteiger charge is 2.39. The van der Waals surface area contributed by atoms with E-state index in [9.17, 15) is 5.11 Å². The van der Waals surface area contributed by atoms with E-state index in [0.717, 1.165) is 17.5 Å². The van der Waals surface area contributed by atoms with E-state index in [2.05, 4.69) is 90.0 Å². The highest BCUT2D eigenvalue weighted by molar-refractivity contribution is 5.63. The zero-order chi connectivity index (χ0) is 20.2. The smallest absolute Gasteiger partial charge is 0.123 e. The average molecular weight is 347 g/mol. The fraction of sp³-hybridized carbons (Fsp3) is 0.750. The van der Waals surface area contributed by atoms with Crippen LogP contribution in [-0.4, -0.2) is 5.11 Å². The zero-order valence-corrected chi connectivity index (χ0v) is 19.2. The quantitative estimate of drug-likeness (QED) is 0.572. The van der Waals surface area contributed by atoms with Gasteiger partial charge in [0.2, 0.25) is 0 Å². The van der Waals surface area contributed by atoms with Crippen molar-refractivity contribution in [1.82, 2.24) is 0 Å². The van der Waals surface area contributed by atoms with Crippen LogP contribution in [0, 0.1) is 0 Å². The molecular weight excluding hydrogens is 304 g/mol. The van der Waals surface area contributed by atoms with E-state index < -0.39 is 0 Å². The van der Waals surface area contributed by atoms with E-state index in [1.54, 1.807) is 0 Å². The molecule has 0 fully saturated rings. The van der Waals surface area contributed by atoms with Gasteiger partial charge in [0.15, 0.2) is 0 Å². The molecule has 0 radical (unpaired) electrons. The van der Waals surface area contributed by atoms with Crippen LogP contribution in [0.1, 0.15) is 118 Å². The molecule has 1 heteroatoms. The van der Waals surface area contributed by atoms with Crippen LogP contribution < -0.4 is 0 Å².